The number of methoxy groups -OCH3 is 1. The van der Waals surface area contributed by atoms with Gasteiger partial charge in [-0.3, -0.25) is 0 Å². The molecule has 0 aliphatic carbocycles. The molecule has 0 aromatic heterocycles. The summed E-state index contributed by atoms with van der Waals surface area (Å²) in [7, 11) is 1.31. The molecular formula is C17H10N4O2. The fourth-order valence-corrected chi connectivity index (χ4v) is 2.08. The van der Waals surface area contributed by atoms with Crippen molar-refractivity contribution in [1.29, 1.82) is 15.8 Å². The van der Waals surface area contributed by atoms with Gasteiger partial charge in [0.1, 0.15) is 23.9 Å². The third kappa shape index (κ3) is 3.10. The van der Waals surface area contributed by atoms with Crippen molar-refractivity contribution in [3.63, 3.8) is 0 Å². The summed E-state index contributed by atoms with van der Waals surface area (Å²) in [5.74, 6) is -0.440. The van der Waals surface area contributed by atoms with E-state index in [1.54, 1.807) is 54.6 Å². The van der Waals surface area contributed by atoms with Crippen molar-refractivity contribution >= 4 is 22.4 Å². The second-order valence-electron chi connectivity index (χ2n) is 4.44. The monoisotopic (exact) mass is 302 g/mol. The Kier molecular flexibility index (Phi) is 4.57. The Labute approximate surface area is 132 Å². The number of nitrogens with zero attached hydrogens (tertiary/aromatic N) is 3. The maximum atomic E-state index is 11.7. The van der Waals surface area contributed by atoms with E-state index < -0.39 is 5.97 Å². The van der Waals surface area contributed by atoms with E-state index in [-0.39, 0.29) is 11.3 Å². The van der Waals surface area contributed by atoms with E-state index >= 15 is 0 Å². The smallest absolute Gasteiger partial charge is 0.338 e. The Hall–Kier alpha value is -3.82. The van der Waals surface area contributed by atoms with Crippen molar-refractivity contribution < 1.29 is 9.53 Å². The first kappa shape index (κ1) is 15.6. The molecule has 110 valence electrons. The summed E-state index contributed by atoms with van der Waals surface area (Å²) < 4.78 is 4.74. The highest BCUT2D eigenvalue weighted by Crippen LogP contribution is 2.24. The van der Waals surface area contributed by atoms with Crippen molar-refractivity contribution in [2.45, 2.75) is 0 Å². The number of nitriles is 3. The molecule has 0 heterocycles. The van der Waals surface area contributed by atoms with Gasteiger partial charge in [-0.25, -0.2) is 4.79 Å². The van der Waals surface area contributed by atoms with E-state index in [9.17, 15) is 4.79 Å². The Morgan fingerprint density at radius 3 is 2.43 bits per heavy atom. The average Bonchev–Trinajstić information content (AvgIpc) is 2.60. The number of hydrogen-bond donors (Lipinski definition) is 1. The van der Waals surface area contributed by atoms with E-state index in [1.807, 2.05) is 0 Å². The van der Waals surface area contributed by atoms with E-state index in [1.165, 1.54) is 7.11 Å². The average molecular weight is 302 g/mol. The second-order valence-corrected chi connectivity index (χ2v) is 4.44. The summed E-state index contributed by atoms with van der Waals surface area (Å²) in [4.78, 5) is 11.7. The number of nitrogens with one attached hydrogen (secondary N) is 1. The lowest BCUT2D eigenvalue weighted by Gasteiger charge is -2.08. The Morgan fingerprint density at radius 2 is 1.83 bits per heavy atom. The van der Waals surface area contributed by atoms with Gasteiger partial charge >= 0.3 is 5.97 Å². The zero-order valence-electron chi connectivity index (χ0n) is 12.1. The number of ether oxygens (including phenoxy) is 1. The largest absolute Gasteiger partial charge is 0.465 e. The first-order chi connectivity index (χ1) is 11.1. The van der Waals surface area contributed by atoms with Crippen LogP contribution in [-0.4, -0.2) is 13.1 Å². The van der Waals surface area contributed by atoms with Crippen molar-refractivity contribution in [3.8, 4) is 18.2 Å². The van der Waals surface area contributed by atoms with E-state index in [0.717, 1.165) is 5.39 Å². The van der Waals surface area contributed by atoms with Gasteiger partial charge in [-0.1, -0.05) is 18.2 Å². The molecule has 6 heteroatoms. The highest BCUT2D eigenvalue weighted by atomic mass is 16.5. The van der Waals surface area contributed by atoms with Crippen LogP contribution in [0.15, 0.2) is 47.7 Å². The van der Waals surface area contributed by atoms with Crippen molar-refractivity contribution in [2.24, 2.45) is 0 Å². The first-order valence-electron chi connectivity index (χ1n) is 6.47. The van der Waals surface area contributed by atoms with Crippen LogP contribution in [0.3, 0.4) is 0 Å². The molecule has 0 spiro atoms. The SMILES string of the molecule is COC(=O)c1cccc2cc(NC(C#N)=C(C#N)C#N)ccc12. The molecule has 0 amide bonds. The van der Waals surface area contributed by atoms with E-state index in [2.05, 4.69) is 5.32 Å². The first-order valence-corrected chi connectivity index (χ1v) is 6.47. The van der Waals surface area contributed by atoms with Crippen LogP contribution in [0.25, 0.3) is 10.8 Å². The van der Waals surface area contributed by atoms with Crippen LogP contribution >= 0.6 is 0 Å². The Morgan fingerprint density at radius 1 is 1.09 bits per heavy atom. The topological polar surface area (TPSA) is 110 Å². The molecule has 1 N–H and O–H groups in total. The molecule has 0 fully saturated rings. The molecule has 0 unspecified atom stereocenters. The molecule has 0 aliphatic heterocycles. The van der Waals surface area contributed by atoms with Crippen LogP contribution in [0.5, 0.6) is 0 Å². The van der Waals surface area contributed by atoms with Gasteiger partial charge in [0, 0.05) is 5.69 Å². The molecule has 0 saturated heterocycles. The highest BCUT2D eigenvalue weighted by Gasteiger charge is 2.11. The minimum Gasteiger partial charge on any atom is -0.465 e. The molecule has 0 bridgehead atoms. The zero-order chi connectivity index (χ0) is 16.8. The number of fused-ring (bicyclic) bond motifs is 1. The number of rotatable bonds is 3. The van der Waals surface area contributed by atoms with Gasteiger partial charge in [0.2, 0.25) is 0 Å². The predicted molar refractivity (Wildman–Crippen MR) is 82.8 cm³/mol. The number of benzene rings is 2. The number of esters is 1. The van der Waals surface area contributed by atoms with Crippen LogP contribution in [0.2, 0.25) is 0 Å². The number of allylic oxidation sites excluding steroid dienone is 2. The molecule has 6 nitrogen and oxygen atoms in total. The second kappa shape index (κ2) is 6.76. The summed E-state index contributed by atoms with van der Waals surface area (Å²) in [6, 6.07) is 15.4. The summed E-state index contributed by atoms with van der Waals surface area (Å²) in [5, 5.41) is 30.9. The fraction of sp³-hybridized carbons (Fsp3) is 0.0588. The Balaban J connectivity index is 2.50. The molecule has 2 rings (SSSR count). The van der Waals surface area contributed by atoms with Crippen LogP contribution in [0.4, 0.5) is 5.69 Å². The van der Waals surface area contributed by atoms with Gasteiger partial charge in [0.05, 0.1) is 12.7 Å². The molecule has 0 saturated carbocycles. The minimum atomic E-state index is -0.440. The lowest BCUT2D eigenvalue weighted by atomic mass is 10.0. The van der Waals surface area contributed by atoms with Gasteiger partial charge < -0.3 is 10.1 Å². The summed E-state index contributed by atoms with van der Waals surface area (Å²) in [5.41, 5.74) is 0.538. The van der Waals surface area contributed by atoms with Crippen molar-refractivity contribution in [1.82, 2.24) is 0 Å². The molecular weight excluding hydrogens is 292 g/mol. The molecule has 0 aliphatic rings. The van der Waals surface area contributed by atoms with Crippen molar-refractivity contribution in [3.05, 3.63) is 53.2 Å². The maximum Gasteiger partial charge on any atom is 0.338 e. The summed E-state index contributed by atoms with van der Waals surface area (Å²) >= 11 is 0. The van der Waals surface area contributed by atoms with Gasteiger partial charge in [-0.2, -0.15) is 15.8 Å². The number of carbonyl (C=O) groups is 1. The molecule has 2 aromatic rings. The predicted octanol–water partition coefficient (Wildman–Crippen LogP) is 2.86. The van der Waals surface area contributed by atoms with Gasteiger partial charge in [0.25, 0.3) is 0 Å². The standard InChI is InChI=1S/C17H10N4O2/c1-23-17(22)15-4-2-3-11-7-13(5-6-14(11)15)21-16(10-20)12(8-18)9-19/h2-7,21H,1H3. The third-order valence-electron chi connectivity index (χ3n) is 3.14. The highest BCUT2D eigenvalue weighted by molar-refractivity contribution is 6.05. The number of carbonyl (C=O) groups excluding carboxylic acids is 1. The number of anilines is 1. The molecule has 0 atom stereocenters. The van der Waals surface area contributed by atoms with Crippen LogP contribution in [0, 0.1) is 34.0 Å². The van der Waals surface area contributed by atoms with E-state index in [0.29, 0.717) is 16.6 Å². The normalized spacial score (nSPS) is 9.13. The van der Waals surface area contributed by atoms with Crippen LogP contribution < -0.4 is 5.32 Å². The summed E-state index contributed by atoms with van der Waals surface area (Å²) in [6.45, 7) is 0. The Bertz CT molecular complexity index is 924. The van der Waals surface area contributed by atoms with Gasteiger partial charge in [-0.15, -0.1) is 0 Å². The fourth-order valence-electron chi connectivity index (χ4n) is 2.08. The molecule has 23 heavy (non-hydrogen) atoms. The quantitative estimate of drug-likeness (QED) is 0.689. The van der Waals surface area contributed by atoms with E-state index in [4.69, 9.17) is 20.5 Å². The van der Waals surface area contributed by atoms with Crippen LogP contribution in [-0.2, 0) is 4.74 Å². The van der Waals surface area contributed by atoms with Crippen LogP contribution in [0.1, 0.15) is 10.4 Å². The molecule has 2 aromatic carbocycles. The lowest BCUT2D eigenvalue weighted by Crippen LogP contribution is -2.03. The third-order valence-corrected chi connectivity index (χ3v) is 3.14. The number of hydrogen-bond acceptors (Lipinski definition) is 6. The van der Waals surface area contributed by atoms with Crippen molar-refractivity contribution in [2.75, 3.05) is 12.4 Å². The zero-order valence-corrected chi connectivity index (χ0v) is 12.1. The van der Waals surface area contributed by atoms with Gasteiger partial charge in [-0.05, 0) is 29.0 Å². The molecule has 0 radical (unpaired) electrons. The minimum absolute atomic E-state index is 0.126. The summed E-state index contributed by atoms with van der Waals surface area (Å²) in [6.07, 6.45) is 0. The lowest BCUT2D eigenvalue weighted by molar-refractivity contribution is 0.0603. The maximum absolute atomic E-state index is 11.7. The van der Waals surface area contributed by atoms with Gasteiger partial charge in [0.15, 0.2) is 5.57 Å².